The number of thioether (sulfide) groups is 1. The van der Waals surface area contributed by atoms with E-state index >= 15 is 0 Å². The highest BCUT2D eigenvalue weighted by molar-refractivity contribution is 7.99. The Morgan fingerprint density at radius 1 is 1.17 bits per heavy atom. The molecule has 0 saturated heterocycles. The largest absolute Gasteiger partial charge is 0.241 e. The van der Waals surface area contributed by atoms with Crippen molar-refractivity contribution in [2.45, 2.75) is 24.3 Å². The van der Waals surface area contributed by atoms with Gasteiger partial charge in [-0.2, -0.15) is 0 Å². The molecule has 3 aromatic rings. The molecular weight excluding hydrogens is 347 g/mol. The second-order valence-electron chi connectivity index (χ2n) is 5.38. The highest BCUT2D eigenvalue weighted by Crippen LogP contribution is 2.28. The molecule has 7 heteroatoms. The Balaban J connectivity index is 2.01. The number of hydrogen-bond acceptors (Lipinski definition) is 4. The van der Waals surface area contributed by atoms with Crippen molar-refractivity contribution in [2.24, 2.45) is 0 Å². The molecular formula is C17H17FN2O2S2. The van der Waals surface area contributed by atoms with Crippen LogP contribution < -0.4 is 0 Å². The van der Waals surface area contributed by atoms with Gasteiger partial charge in [-0.25, -0.2) is 21.8 Å². The van der Waals surface area contributed by atoms with Gasteiger partial charge in [0.25, 0.3) is 0 Å². The van der Waals surface area contributed by atoms with E-state index in [1.807, 2.05) is 19.1 Å². The molecule has 0 unspecified atom stereocenters. The molecule has 0 fully saturated rings. The van der Waals surface area contributed by atoms with Crippen LogP contribution in [0.15, 0.2) is 53.7 Å². The van der Waals surface area contributed by atoms with Gasteiger partial charge in [-0.3, -0.25) is 0 Å². The maximum atomic E-state index is 13.3. The van der Waals surface area contributed by atoms with Gasteiger partial charge in [0, 0.05) is 5.75 Å². The van der Waals surface area contributed by atoms with Gasteiger partial charge in [-0.05, 0) is 36.2 Å². The highest BCUT2D eigenvalue weighted by Gasteiger charge is 2.21. The Hall–Kier alpha value is -1.86. The molecule has 0 aliphatic rings. The SMILES string of the molecule is CCCS(=O)(=O)n1c(SCc2cccc(F)c2)nc2ccccc21. The molecule has 2 aromatic carbocycles. The summed E-state index contributed by atoms with van der Waals surface area (Å²) in [5, 5.41) is 0.411. The van der Waals surface area contributed by atoms with Gasteiger partial charge in [0.15, 0.2) is 5.16 Å². The lowest BCUT2D eigenvalue weighted by molar-refractivity contribution is 0.582. The first kappa shape index (κ1) is 17.0. The standard InChI is InChI=1S/C17H17FN2O2S2/c1-2-10-24(21,22)20-16-9-4-3-8-15(16)19-17(20)23-12-13-6-5-7-14(18)11-13/h3-9,11H,2,10,12H2,1H3. The van der Waals surface area contributed by atoms with Gasteiger partial charge in [-0.1, -0.05) is 43.0 Å². The minimum absolute atomic E-state index is 0.0564. The zero-order chi connectivity index (χ0) is 17.2. The molecule has 4 nitrogen and oxygen atoms in total. The Morgan fingerprint density at radius 3 is 2.71 bits per heavy atom. The predicted octanol–water partition coefficient (Wildman–Crippen LogP) is 4.06. The third-order valence-electron chi connectivity index (χ3n) is 3.49. The number of imidazole rings is 1. The first-order chi connectivity index (χ1) is 11.5. The molecule has 0 amide bonds. The zero-order valence-electron chi connectivity index (χ0n) is 13.1. The maximum absolute atomic E-state index is 13.3. The fraction of sp³-hybridized carbons (Fsp3) is 0.235. The Kier molecular flexibility index (Phi) is 4.91. The van der Waals surface area contributed by atoms with E-state index in [2.05, 4.69) is 4.98 Å². The van der Waals surface area contributed by atoms with Gasteiger partial charge in [0.1, 0.15) is 5.82 Å². The molecule has 1 heterocycles. The van der Waals surface area contributed by atoms with E-state index in [0.717, 1.165) is 5.56 Å². The lowest BCUT2D eigenvalue weighted by Crippen LogP contribution is -2.17. The monoisotopic (exact) mass is 364 g/mol. The topological polar surface area (TPSA) is 52.0 Å². The Bertz CT molecular complexity index is 968. The van der Waals surface area contributed by atoms with Gasteiger partial charge in [0.05, 0.1) is 16.8 Å². The van der Waals surface area contributed by atoms with E-state index in [9.17, 15) is 12.8 Å². The second kappa shape index (κ2) is 6.94. The molecule has 0 bridgehead atoms. The van der Waals surface area contributed by atoms with Crippen LogP contribution in [0.5, 0.6) is 0 Å². The van der Waals surface area contributed by atoms with E-state index in [4.69, 9.17) is 0 Å². The minimum Gasteiger partial charge on any atom is -0.222 e. The number of benzene rings is 2. The smallest absolute Gasteiger partial charge is 0.222 e. The van der Waals surface area contributed by atoms with Crippen LogP contribution in [-0.2, 0) is 15.8 Å². The molecule has 0 N–H and O–H groups in total. The summed E-state index contributed by atoms with van der Waals surface area (Å²) in [6.45, 7) is 1.83. The first-order valence-electron chi connectivity index (χ1n) is 7.59. The van der Waals surface area contributed by atoms with E-state index < -0.39 is 10.0 Å². The summed E-state index contributed by atoms with van der Waals surface area (Å²) in [7, 11) is -3.48. The van der Waals surface area contributed by atoms with Crippen LogP contribution in [-0.4, -0.2) is 23.1 Å². The van der Waals surface area contributed by atoms with Crippen molar-refractivity contribution in [3.8, 4) is 0 Å². The molecule has 126 valence electrons. The third-order valence-corrected chi connectivity index (χ3v) is 6.46. The average molecular weight is 364 g/mol. The Morgan fingerprint density at radius 2 is 1.96 bits per heavy atom. The fourth-order valence-electron chi connectivity index (χ4n) is 2.47. The van der Waals surface area contributed by atoms with Crippen LogP contribution in [0.4, 0.5) is 4.39 Å². The normalized spacial score (nSPS) is 11.9. The molecule has 0 aliphatic carbocycles. The number of aromatic nitrogens is 2. The van der Waals surface area contributed by atoms with Crippen molar-refractivity contribution in [1.29, 1.82) is 0 Å². The quantitative estimate of drug-likeness (QED) is 0.619. The summed E-state index contributed by atoms with van der Waals surface area (Å²) in [5.74, 6) is 0.198. The average Bonchev–Trinajstić information content (AvgIpc) is 2.92. The number of para-hydroxylation sites is 2. The summed E-state index contributed by atoms with van der Waals surface area (Å²) in [6, 6.07) is 13.4. The fourth-order valence-corrected chi connectivity index (χ4v) is 5.25. The highest BCUT2D eigenvalue weighted by atomic mass is 32.2. The maximum Gasteiger partial charge on any atom is 0.241 e. The molecule has 1 aromatic heterocycles. The van der Waals surface area contributed by atoms with Gasteiger partial charge in [0.2, 0.25) is 10.0 Å². The summed E-state index contributed by atoms with van der Waals surface area (Å²) >= 11 is 1.29. The second-order valence-corrected chi connectivity index (χ2v) is 8.26. The first-order valence-corrected chi connectivity index (χ1v) is 10.2. The van der Waals surface area contributed by atoms with Crippen LogP contribution in [0.3, 0.4) is 0 Å². The molecule has 0 atom stereocenters. The lowest BCUT2D eigenvalue weighted by atomic mass is 10.2. The van der Waals surface area contributed by atoms with Gasteiger partial charge >= 0.3 is 0 Å². The van der Waals surface area contributed by atoms with Crippen molar-refractivity contribution in [3.05, 3.63) is 59.9 Å². The van der Waals surface area contributed by atoms with Crippen LogP contribution in [0.25, 0.3) is 11.0 Å². The van der Waals surface area contributed by atoms with Gasteiger partial charge in [-0.15, -0.1) is 0 Å². The Labute approximate surface area is 144 Å². The van der Waals surface area contributed by atoms with E-state index in [1.54, 1.807) is 24.3 Å². The number of fused-ring (bicyclic) bond motifs is 1. The van der Waals surface area contributed by atoms with Crippen molar-refractivity contribution in [1.82, 2.24) is 8.96 Å². The summed E-state index contributed by atoms with van der Waals surface area (Å²) in [6.07, 6.45) is 0.531. The molecule has 0 saturated carbocycles. The summed E-state index contributed by atoms with van der Waals surface area (Å²) in [4.78, 5) is 4.45. The molecule has 24 heavy (non-hydrogen) atoms. The number of rotatable bonds is 6. The van der Waals surface area contributed by atoms with Crippen molar-refractivity contribution >= 4 is 32.8 Å². The molecule has 3 rings (SSSR count). The van der Waals surface area contributed by atoms with E-state index in [1.165, 1.54) is 27.9 Å². The van der Waals surface area contributed by atoms with Crippen LogP contribution in [0.1, 0.15) is 18.9 Å². The molecule has 0 radical (unpaired) electrons. The van der Waals surface area contributed by atoms with Crippen LogP contribution in [0.2, 0.25) is 0 Å². The van der Waals surface area contributed by atoms with Crippen LogP contribution >= 0.6 is 11.8 Å². The number of halogens is 1. The number of hydrogen-bond donors (Lipinski definition) is 0. The van der Waals surface area contributed by atoms with E-state index in [0.29, 0.717) is 28.4 Å². The van der Waals surface area contributed by atoms with Crippen molar-refractivity contribution in [2.75, 3.05) is 5.75 Å². The van der Waals surface area contributed by atoms with Crippen molar-refractivity contribution < 1.29 is 12.8 Å². The van der Waals surface area contributed by atoms with Crippen molar-refractivity contribution in [3.63, 3.8) is 0 Å². The minimum atomic E-state index is -3.48. The van der Waals surface area contributed by atoms with Crippen LogP contribution in [0, 0.1) is 5.82 Å². The van der Waals surface area contributed by atoms with E-state index in [-0.39, 0.29) is 11.6 Å². The predicted molar refractivity (Wildman–Crippen MR) is 95.2 cm³/mol. The van der Waals surface area contributed by atoms with Gasteiger partial charge < -0.3 is 0 Å². The molecule has 0 spiro atoms. The zero-order valence-corrected chi connectivity index (χ0v) is 14.8. The number of nitrogens with zero attached hydrogens (tertiary/aromatic N) is 2. The third kappa shape index (κ3) is 3.47. The summed E-state index contributed by atoms with van der Waals surface area (Å²) < 4.78 is 39.9. The lowest BCUT2D eigenvalue weighted by Gasteiger charge is -2.09. The summed E-state index contributed by atoms with van der Waals surface area (Å²) in [5.41, 5.74) is 2.00. The molecule has 0 aliphatic heterocycles.